The number of nitrogens with zero attached hydrogens (tertiary/aromatic N) is 2. The molecule has 1 aromatic carbocycles. The summed E-state index contributed by atoms with van der Waals surface area (Å²) in [7, 11) is 2.10. The van der Waals surface area contributed by atoms with E-state index < -0.39 is 5.97 Å². The van der Waals surface area contributed by atoms with Crippen LogP contribution in [0.3, 0.4) is 0 Å². The van der Waals surface area contributed by atoms with Gasteiger partial charge in [0.15, 0.2) is 0 Å². The van der Waals surface area contributed by atoms with Crippen LogP contribution in [0, 0.1) is 6.92 Å². The number of rotatable bonds is 3. The Morgan fingerprint density at radius 2 is 2.24 bits per heavy atom. The third-order valence-corrected chi connectivity index (χ3v) is 4.19. The first-order valence-corrected chi connectivity index (χ1v) is 7.36. The number of carboxylic acid groups (broad SMARTS) is 1. The summed E-state index contributed by atoms with van der Waals surface area (Å²) in [5, 5.41) is 10.1. The first-order chi connectivity index (χ1) is 10.0. The highest BCUT2D eigenvalue weighted by Crippen LogP contribution is 2.29. The average Bonchev–Trinajstić information content (AvgIpc) is 2.44. The molecule has 0 aliphatic carbocycles. The topological polar surface area (TPSA) is 53.4 Å². The summed E-state index contributed by atoms with van der Waals surface area (Å²) < 4.78 is 0. The summed E-state index contributed by atoms with van der Waals surface area (Å²) in [5.41, 5.74) is 5.73. The van der Waals surface area contributed by atoms with Gasteiger partial charge in [0.05, 0.1) is 5.52 Å². The van der Waals surface area contributed by atoms with Crippen molar-refractivity contribution in [2.24, 2.45) is 0 Å². The molecule has 0 radical (unpaired) electrons. The minimum absolute atomic E-state index is 0.170. The number of carboxylic acids is 1. The fraction of sp³-hybridized carbons (Fsp3) is 0.412. The first kappa shape index (κ1) is 14.0. The molecular formula is C17H20N2O2. The van der Waals surface area contributed by atoms with Gasteiger partial charge in [-0.25, -0.2) is 0 Å². The van der Waals surface area contributed by atoms with Gasteiger partial charge < -0.3 is 10.0 Å². The Balaban J connectivity index is 2.19. The van der Waals surface area contributed by atoms with Crippen molar-refractivity contribution < 1.29 is 9.90 Å². The molecule has 0 unspecified atom stereocenters. The van der Waals surface area contributed by atoms with E-state index in [1.54, 1.807) is 0 Å². The Kier molecular flexibility index (Phi) is 3.64. The van der Waals surface area contributed by atoms with Crippen molar-refractivity contribution in [2.45, 2.75) is 32.7 Å². The number of likely N-dealkylation sites (N-methyl/N-ethyl adjacent to an activating group) is 1. The van der Waals surface area contributed by atoms with Gasteiger partial charge in [-0.3, -0.25) is 9.78 Å². The molecule has 2 aromatic rings. The summed E-state index contributed by atoms with van der Waals surface area (Å²) in [6.45, 7) is 3.93. The molecule has 0 fully saturated rings. The molecule has 3 rings (SSSR count). The van der Waals surface area contributed by atoms with E-state index in [1.165, 1.54) is 16.7 Å². The minimum Gasteiger partial charge on any atom is -0.481 e. The zero-order valence-electron chi connectivity index (χ0n) is 12.5. The molecule has 1 aromatic heterocycles. The summed E-state index contributed by atoms with van der Waals surface area (Å²) in [4.78, 5) is 18.1. The predicted molar refractivity (Wildman–Crippen MR) is 82.5 cm³/mol. The van der Waals surface area contributed by atoms with Crippen molar-refractivity contribution in [2.75, 3.05) is 13.6 Å². The molecular weight excluding hydrogens is 264 g/mol. The highest BCUT2D eigenvalue weighted by atomic mass is 16.4. The zero-order valence-corrected chi connectivity index (χ0v) is 12.5. The number of aryl methyl sites for hydroxylation is 2. The third kappa shape index (κ3) is 2.76. The molecule has 1 N–H and O–H groups in total. The Labute approximate surface area is 124 Å². The molecule has 0 saturated heterocycles. The van der Waals surface area contributed by atoms with Crippen LogP contribution in [0.2, 0.25) is 0 Å². The van der Waals surface area contributed by atoms with Gasteiger partial charge in [-0.1, -0.05) is 11.6 Å². The van der Waals surface area contributed by atoms with E-state index in [0.717, 1.165) is 36.1 Å². The molecule has 21 heavy (non-hydrogen) atoms. The van der Waals surface area contributed by atoms with Gasteiger partial charge in [0, 0.05) is 37.0 Å². The van der Waals surface area contributed by atoms with E-state index in [2.05, 4.69) is 31.0 Å². The second-order valence-corrected chi connectivity index (χ2v) is 5.92. The summed E-state index contributed by atoms with van der Waals surface area (Å²) >= 11 is 0. The maximum Gasteiger partial charge on any atom is 0.303 e. The van der Waals surface area contributed by atoms with E-state index in [-0.39, 0.29) is 6.42 Å². The van der Waals surface area contributed by atoms with Gasteiger partial charge in [0.1, 0.15) is 0 Å². The number of pyridine rings is 1. The molecule has 0 saturated carbocycles. The molecule has 2 heterocycles. The van der Waals surface area contributed by atoms with Crippen molar-refractivity contribution in [3.63, 3.8) is 0 Å². The molecule has 0 spiro atoms. The predicted octanol–water partition coefficient (Wildman–Crippen LogP) is 2.55. The average molecular weight is 284 g/mol. The van der Waals surface area contributed by atoms with Crippen LogP contribution in [0.25, 0.3) is 10.9 Å². The lowest BCUT2D eigenvalue weighted by molar-refractivity contribution is -0.136. The molecule has 1 aliphatic heterocycles. The van der Waals surface area contributed by atoms with Crippen molar-refractivity contribution in [3.05, 3.63) is 40.6 Å². The lowest BCUT2D eigenvalue weighted by Gasteiger charge is -2.27. The molecule has 0 atom stereocenters. The van der Waals surface area contributed by atoms with Crippen molar-refractivity contribution in [1.82, 2.24) is 9.88 Å². The molecule has 4 nitrogen and oxygen atoms in total. The Bertz CT molecular complexity index is 709. The Morgan fingerprint density at radius 3 is 3.00 bits per heavy atom. The smallest absolute Gasteiger partial charge is 0.303 e. The SMILES string of the molecule is Cc1ccc2nc3c(c(CCC(=O)O)c2c1)CN(C)CC3. The molecule has 0 amide bonds. The fourth-order valence-electron chi connectivity index (χ4n) is 3.10. The van der Waals surface area contributed by atoms with E-state index in [4.69, 9.17) is 10.1 Å². The highest BCUT2D eigenvalue weighted by molar-refractivity contribution is 5.85. The van der Waals surface area contributed by atoms with Gasteiger partial charge in [-0.05, 0) is 43.7 Å². The highest BCUT2D eigenvalue weighted by Gasteiger charge is 2.20. The molecule has 4 heteroatoms. The molecule has 1 aliphatic rings. The first-order valence-electron chi connectivity index (χ1n) is 7.36. The van der Waals surface area contributed by atoms with Crippen LogP contribution in [0.5, 0.6) is 0 Å². The number of hydrogen-bond donors (Lipinski definition) is 1. The van der Waals surface area contributed by atoms with Gasteiger partial charge in [-0.2, -0.15) is 0 Å². The second-order valence-electron chi connectivity index (χ2n) is 5.92. The standard InChI is InChI=1S/C17H20N2O2/c1-11-3-5-15-13(9-11)12(4-6-17(20)21)14-10-19(2)8-7-16(14)18-15/h3,5,9H,4,6-8,10H2,1-2H3,(H,20,21). The molecule has 0 bridgehead atoms. The number of carbonyl (C=O) groups is 1. The van der Waals surface area contributed by atoms with Crippen molar-refractivity contribution in [3.8, 4) is 0 Å². The Hall–Kier alpha value is -1.94. The number of fused-ring (bicyclic) bond motifs is 2. The normalized spacial score (nSPS) is 15.1. The summed E-state index contributed by atoms with van der Waals surface area (Å²) in [5.74, 6) is -0.745. The fourth-order valence-corrected chi connectivity index (χ4v) is 3.10. The largest absolute Gasteiger partial charge is 0.481 e. The van der Waals surface area contributed by atoms with Crippen LogP contribution in [0.15, 0.2) is 18.2 Å². The van der Waals surface area contributed by atoms with Crippen molar-refractivity contribution in [1.29, 1.82) is 0 Å². The number of aliphatic carboxylic acids is 1. The van der Waals surface area contributed by atoms with Crippen LogP contribution >= 0.6 is 0 Å². The summed E-state index contributed by atoms with van der Waals surface area (Å²) in [6.07, 6.45) is 1.69. The van der Waals surface area contributed by atoms with Gasteiger partial charge in [0.25, 0.3) is 0 Å². The summed E-state index contributed by atoms with van der Waals surface area (Å²) in [6, 6.07) is 6.25. The minimum atomic E-state index is -0.745. The monoisotopic (exact) mass is 284 g/mol. The van der Waals surface area contributed by atoms with E-state index in [9.17, 15) is 4.79 Å². The Morgan fingerprint density at radius 1 is 1.43 bits per heavy atom. The van der Waals surface area contributed by atoms with Crippen LogP contribution in [-0.4, -0.2) is 34.6 Å². The number of benzene rings is 1. The van der Waals surface area contributed by atoms with Crippen LogP contribution in [-0.2, 0) is 24.2 Å². The van der Waals surface area contributed by atoms with Crippen LogP contribution < -0.4 is 0 Å². The zero-order chi connectivity index (χ0) is 15.0. The molecule has 110 valence electrons. The van der Waals surface area contributed by atoms with Gasteiger partial charge in [0.2, 0.25) is 0 Å². The number of hydrogen-bond acceptors (Lipinski definition) is 3. The third-order valence-electron chi connectivity index (χ3n) is 4.19. The van der Waals surface area contributed by atoms with Crippen LogP contribution in [0.4, 0.5) is 0 Å². The number of aromatic nitrogens is 1. The van der Waals surface area contributed by atoms with Crippen LogP contribution in [0.1, 0.15) is 28.8 Å². The van der Waals surface area contributed by atoms with E-state index in [1.807, 2.05) is 6.07 Å². The second kappa shape index (κ2) is 5.45. The maximum absolute atomic E-state index is 11.0. The lowest BCUT2D eigenvalue weighted by Crippen LogP contribution is -2.28. The van der Waals surface area contributed by atoms with Crippen molar-refractivity contribution >= 4 is 16.9 Å². The van der Waals surface area contributed by atoms with E-state index in [0.29, 0.717) is 6.42 Å². The lowest BCUT2D eigenvalue weighted by atomic mass is 9.92. The maximum atomic E-state index is 11.0. The van der Waals surface area contributed by atoms with Gasteiger partial charge in [-0.15, -0.1) is 0 Å². The van der Waals surface area contributed by atoms with Gasteiger partial charge >= 0.3 is 5.97 Å². The quantitative estimate of drug-likeness (QED) is 0.941. The van der Waals surface area contributed by atoms with E-state index >= 15 is 0 Å².